The van der Waals surface area contributed by atoms with Crippen molar-refractivity contribution in [1.82, 2.24) is 5.43 Å². The van der Waals surface area contributed by atoms with Crippen LogP contribution in [0.3, 0.4) is 0 Å². The molecule has 0 spiro atoms. The second kappa shape index (κ2) is 4.31. The van der Waals surface area contributed by atoms with Crippen molar-refractivity contribution in [3.8, 4) is 0 Å². The first-order valence-electron chi connectivity index (χ1n) is 3.95. The van der Waals surface area contributed by atoms with E-state index in [0.29, 0.717) is 11.6 Å². The van der Waals surface area contributed by atoms with Crippen molar-refractivity contribution in [2.45, 2.75) is 0 Å². The number of carbonyl (C=O) groups is 1. The van der Waals surface area contributed by atoms with Crippen LogP contribution in [0, 0.1) is 0 Å². The SMILES string of the molecule is CN(C)c1ccc(/C=N\NC(N)=O)o1. The normalized spacial score (nSPS) is 10.4. The molecule has 0 fully saturated rings. The van der Waals surface area contributed by atoms with E-state index in [4.69, 9.17) is 10.2 Å². The lowest BCUT2D eigenvalue weighted by Crippen LogP contribution is -2.24. The Labute approximate surface area is 81.4 Å². The third-order valence-corrected chi connectivity index (χ3v) is 1.42. The van der Waals surface area contributed by atoms with Crippen molar-refractivity contribution in [3.63, 3.8) is 0 Å². The zero-order valence-electron chi connectivity index (χ0n) is 8.02. The zero-order valence-corrected chi connectivity index (χ0v) is 8.02. The van der Waals surface area contributed by atoms with Crippen LogP contribution in [0.5, 0.6) is 0 Å². The van der Waals surface area contributed by atoms with E-state index < -0.39 is 6.03 Å². The summed E-state index contributed by atoms with van der Waals surface area (Å²) in [6.45, 7) is 0. The van der Waals surface area contributed by atoms with E-state index in [1.54, 1.807) is 12.1 Å². The number of hydrogen-bond acceptors (Lipinski definition) is 4. The second-order valence-corrected chi connectivity index (χ2v) is 2.80. The maximum Gasteiger partial charge on any atom is 0.332 e. The summed E-state index contributed by atoms with van der Waals surface area (Å²) in [7, 11) is 3.73. The van der Waals surface area contributed by atoms with E-state index in [1.807, 2.05) is 19.0 Å². The van der Waals surface area contributed by atoms with Crippen molar-refractivity contribution in [2.24, 2.45) is 10.8 Å². The van der Waals surface area contributed by atoms with Crippen LogP contribution in [0.4, 0.5) is 10.7 Å². The summed E-state index contributed by atoms with van der Waals surface area (Å²) in [5.74, 6) is 1.26. The summed E-state index contributed by atoms with van der Waals surface area (Å²) >= 11 is 0. The summed E-state index contributed by atoms with van der Waals surface area (Å²) in [5, 5.41) is 3.55. The fourth-order valence-electron chi connectivity index (χ4n) is 0.811. The summed E-state index contributed by atoms with van der Waals surface area (Å²) in [6, 6.07) is 2.83. The Morgan fingerprint density at radius 3 is 2.86 bits per heavy atom. The van der Waals surface area contributed by atoms with Gasteiger partial charge in [0.15, 0.2) is 5.88 Å². The smallest absolute Gasteiger partial charge is 0.332 e. The van der Waals surface area contributed by atoms with Gasteiger partial charge in [-0.25, -0.2) is 10.2 Å². The maximum atomic E-state index is 10.3. The maximum absolute atomic E-state index is 10.3. The number of rotatable bonds is 3. The Morgan fingerprint density at radius 2 is 2.36 bits per heavy atom. The van der Waals surface area contributed by atoms with Gasteiger partial charge in [0.25, 0.3) is 0 Å². The lowest BCUT2D eigenvalue weighted by atomic mass is 10.5. The third kappa shape index (κ3) is 2.81. The molecule has 0 unspecified atom stereocenters. The third-order valence-electron chi connectivity index (χ3n) is 1.42. The van der Waals surface area contributed by atoms with E-state index in [9.17, 15) is 4.79 Å². The Bertz CT molecular complexity index is 343. The van der Waals surface area contributed by atoms with Gasteiger partial charge in [0, 0.05) is 20.2 Å². The van der Waals surface area contributed by atoms with Crippen LogP contribution in [0.25, 0.3) is 0 Å². The molecular formula is C8H12N4O2. The van der Waals surface area contributed by atoms with Crippen molar-refractivity contribution >= 4 is 18.1 Å². The molecule has 76 valence electrons. The van der Waals surface area contributed by atoms with Gasteiger partial charge in [0.05, 0.1) is 6.21 Å². The molecule has 1 rings (SSSR count). The number of anilines is 1. The molecule has 0 aliphatic rings. The van der Waals surface area contributed by atoms with Crippen LogP contribution < -0.4 is 16.1 Å². The summed E-state index contributed by atoms with van der Waals surface area (Å²) in [6.07, 6.45) is 1.37. The minimum absolute atomic E-state index is 0.544. The van der Waals surface area contributed by atoms with Crippen LogP contribution >= 0.6 is 0 Å². The number of amides is 2. The molecule has 0 aliphatic carbocycles. The Balaban J connectivity index is 2.59. The number of furan rings is 1. The Kier molecular flexibility index (Phi) is 3.11. The number of urea groups is 1. The van der Waals surface area contributed by atoms with Crippen LogP contribution in [0.1, 0.15) is 5.76 Å². The summed E-state index contributed by atoms with van der Waals surface area (Å²) in [5.41, 5.74) is 6.87. The topological polar surface area (TPSA) is 83.9 Å². The highest BCUT2D eigenvalue weighted by Crippen LogP contribution is 2.13. The molecule has 0 saturated carbocycles. The highest BCUT2D eigenvalue weighted by atomic mass is 16.4. The second-order valence-electron chi connectivity index (χ2n) is 2.80. The summed E-state index contributed by atoms with van der Waals surface area (Å²) in [4.78, 5) is 12.1. The van der Waals surface area contributed by atoms with Crippen molar-refractivity contribution in [2.75, 3.05) is 19.0 Å². The van der Waals surface area contributed by atoms with Gasteiger partial charge in [-0.05, 0) is 6.07 Å². The first-order valence-corrected chi connectivity index (χ1v) is 3.95. The molecule has 0 saturated heterocycles. The molecule has 6 nitrogen and oxygen atoms in total. The number of hydrazone groups is 1. The fraction of sp³-hybridized carbons (Fsp3) is 0.250. The van der Waals surface area contributed by atoms with Crippen molar-refractivity contribution in [1.29, 1.82) is 0 Å². The first kappa shape index (κ1) is 10.1. The lowest BCUT2D eigenvalue weighted by Gasteiger charge is -2.05. The number of nitrogens with two attached hydrogens (primary N) is 1. The predicted octanol–water partition coefficient (Wildman–Crippen LogP) is 0.348. The molecular weight excluding hydrogens is 184 g/mol. The highest BCUT2D eigenvalue weighted by Gasteiger charge is 2.00. The molecule has 0 aromatic carbocycles. The zero-order chi connectivity index (χ0) is 10.6. The molecule has 6 heteroatoms. The van der Waals surface area contributed by atoms with E-state index in [0.717, 1.165) is 0 Å². The Hall–Kier alpha value is -1.98. The van der Waals surface area contributed by atoms with Crippen LogP contribution in [0.15, 0.2) is 21.7 Å². The molecule has 0 bridgehead atoms. The van der Waals surface area contributed by atoms with E-state index in [2.05, 4.69) is 10.5 Å². The monoisotopic (exact) mass is 196 g/mol. The number of nitrogens with one attached hydrogen (secondary N) is 1. The van der Waals surface area contributed by atoms with Crippen LogP contribution in [-0.2, 0) is 0 Å². The van der Waals surface area contributed by atoms with Crippen molar-refractivity contribution in [3.05, 3.63) is 17.9 Å². The molecule has 3 N–H and O–H groups in total. The number of carbonyl (C=O) groups excluding carboxylic acids is 1. The lowest BCUT2D eigenvalue weighted by molar-refractivity contribution is 0.249. The van der Waals surface area contributed by atoms with Gasteiger partial charge in [0.1, 0.15) is 5.76 Å². The van der Waals surface area contributed by atoms with Gasteiger partial charge >= 0.3 is 6.03 Å². The predicted molar refractivity (Wildman–Crippen MR) is 53.3 cm³/mol. The van der Waals surface area contributed by atoms with Crippen LogP contribution in [0.2, 0.25) is 0 Å². The molecule has 0 radical (unpaired) electrons. The minimum Gasteiger partial charge on any atom is -0.440 e. The number of primary amides is 1. The first-order chi connectivity index (χ1) is 6.59. The average molecular weight is 196 g/mol. The fourth-order valence-corrected chi connectivity index (χ4v) is 0.811. The molecule has 2 amide bonds. The number of nitrogens with zero attached hydrogens (tertiary/aromatic N) is 2. The van der Waals surface area contributed by atoms with Crippen LogP contribution in [-0.4, -0.2) is 26.3 Å². The Morgan fingerprint density at radius 1 is 1.64 bits per heavy atom. The van der Waals surface area contributed by atoms with Gasteiger partial charge < -0.3 is 15.1 Å². The quantitative estimate of drug-likeness (QED) is 0.540. The van der Waals surface area contributed by atoms with Gasteiger partial charge in [-0.1, -0.05) is 0 Å². The molecule has 14 heavy (non-hydrogen) atoms. The minimum atomic E-state index is -0.708. The number of hydrogen-bond donors (Lipinski definition) is 2. The van der Waals surface area contributed by atoms with Gasteiger partial charge in [-0.15, -0.1) is 0 Å². The van der Waals surface area contributed by atoms with E-state index in [1.165, 1.54) is 6.21 Å². The largest absolute Gasteiger partial charge is 0.440 e. The van der Waals surface area contributed by atoms with Gasteiger partial charge in [0.2, 0.25) is 0 Å². The van der Waals surface area contributed by atoms with Gasteiger partial charge in [-0.3, -0.25) is 0 Å². The van der Waals surface area contributed by atoms with Gasteiger partial charge in [-0.2, -0.15) is 5.10 Å². The van der Waals surface area contributed by atoms with E-state index in [-0.39, 0.29) is 0 Å². The summed E-state index contributed by atoms with van der Waals surface area (Å²) < 4.78 is 5.31. The van der Waals surface area contributed by atoms with Crippen molar-refractivity contribution < 1.29 is 9.21 Å². The van der Waals surface area contributed by atoms with E-state index >= 15 is 0 Å². The highest BCUT2D eigenvalue weighted by molar-refractivity contribution is 5.79. The average Bonchev–Trinajstić information content (AvgIpc) is 2.52. The standard InChI is InChI=1S/C8H12N4O2/c1-12(2)7-4-3-6(14-7)5-10-11-8(9)13/h3-5H,1-2H3,(H3,9,11,13)/b10-5-. The molecule has 1 aromatic heterocycles. The molecule has 1 heterocycles. The molecule has 1 aromatic rings. The molecule has 0 atom stereocenters. The molecule has 0 aliphatic heterocycles.